The molecule has 0 aromatic carbocycles. The van der Waals surface area contributed by atoms with E-state index in [1.165, 1.54) is 4.88 Å². The van der Waals surface area contributed by atoms with Gasteiger partial charge in [0.2, 0.25) is 0 Å². The number of anilines is 1. The van der Waals surface area contributed by atoms with Crippen LogP contribution in [0.15, 0.2) is 9.85 Å². The molecule has 0 saturated carbocycles. The summed E-state index contributed by atoms with van der Waals surface area (Å²) in [6.45, 7) is 2.00. The Balaban J connectivity index is 3.14. The summed E-state index contributed by atoms with van der Waals surface area (Å²) in [6.07, 6.45) is 0. The van der Waals surface area contributed by atoms with Gasteiger partial charge < -0.3 is 5.73 Å². The van der Waals surface area contributed by atoms with Gasteiger partial charge in [-0.05, 0) is 28.9 Å². The average Bonchev–Trinajstić information content (AvgIpc) is 1.85. The van der Waals surface area contributed by atoms with Crippen molar-refractivity contribution in [3.63, 3.8) is 0 Å². The summed E-state index contributed by atoms with van der Waals surface area (Å²) in [4.78, 5) is 1.18. The van der Waals surface area contributed by atoms with E-state index in [-0.39, 0.29) is 0 Å². The van der Waals surface area contributed by atoms with E-state index in [0.29, 0.717) is 0 Å². The Hall–Kier alpha value is -0.0200. The molecule has 0 unspecified atom stereocenters. The van der Waals surface area contributed by atoms with E-state index in [0.717, 1.165) is 9.47 Å². The van der Waals surface area contributed by atoms with Crippen molar-refractivity contribution in [2.24, 2.45) is 0 Å². The molecule has 8 heavy (non-hydrogen) atoms. The Kier molecular flexibility index (Phi) is 1.58. The normalized spacial score (nSPS) is 9.75. The predicted octanol–water partition coefficient (Wildman–Crippen LogP) is 2.40. The van der Waals surface area contributed by atoms with Gasteiger partial charge in [0.1, 0.15) is 0 Å². The molecular formula is C5H6BrNS. The number of halogens is 1. The molecule has 0 bridgehead atoms. The van der Waals surface area contributed by atoms with Gasteiger partial charge in [0.15, 0.2) is 0 Å². The van der Waals surface area contributed by atoms with Crippen LogP contribution >= 0.6 is 27.3 Å². The van der Waals surface area contributed by atoms with Crippen molar-refractivity contribution >= 4 is 33.0 Å². The largest absolute Gasteiger partial charge is 0.398 e. The highest BCUT2D eigenvalue weighted by atomic mass is 79.9. The summed E-state index contributed by atoms with van der Waals surface area (Å²) in [7, 11) is 0. The first-order chi connectivity index (χ1) is 3.70. The quantitative estimate of drug-likeness (QED) is 0.671. The first kappa shape index (κ1) is 6.11. The smallest absolute Gasteiger partial charge is 0.0722 e. The van der Waals surface area contributed by atoms with Crippen molar-refractivity contribution in [1.29, 1.82) is 0 Å². The number of hydrogen-bond donors (Lipinski definition) is 1. The summed E-state index contributed by atoms with van der Waals surface area (Å²) in [5, 5.41) is 0. The van der Waals surface area contributed by atoms with Gasteiger partial charge in [0, 0.05) is 10.6 Å². The third-order valence-electron chi connectivity index (χ3n) is 0.926. The van der Waals surface area contributed by atoms with Crippen LogP contribution in [0.5, 0.6) is 0 Å². The van der Waals surface area contributed by atoms with Crippen LogP contribution < -0.4 is 5.73 Å². The Morgan fingerprint density at radius 1 is 1.75 bits per heavy atom. The summed E-state index contributed by atoms with van der Waals surface area (Å²) >= 11 is 4.98. The maximum atomic E-state index is 5.52. The fourth-order valence-electron chi connectivity index (χ4n) is 0.459. The fourth-order valence-corrected chi connectivity index (χ4v) is 2.09. The Morgan fingerprint density at radius 3 is 2.50 bits per heavy atom. The molecule has 0 aliphatic carbocycles. The molecule has 1 nitrogen and oxygen atoms in total. The van der Waals surface area contributed by atoms with Crippen molar-refractivity contribution in [2.75, 3.05) is 5.73 Å². The van der Waals surface area contributed by atoms with E-state index in [9.17, 15) is 0 Å². The minimum absolute atomic E-state index is 0.877. The first-order valence-electron chi connectivity index (χ1n) is 2.21. The van der Waals surface area contributed by atoms with E-state index >= 15 is 0 Å². The number of rotatable bonds is 0. The third kappa shape index (κ3) is 1.03. The highest BCUT2D eigenvalue weighted by molar-refractivity contribution is 9.11. The number of aryl methyl sites for hydroxylation is 1. The molecular weight excluding hydrogens is 186 g/mol. The standard InChI is InChI=1S/C5H6BrNS/c1-3-4(7)2-5(6)8-3/h2H,7H2,1H3. The number of nitrogen functional groups attached to an aromatic ring is 1. The van der Waals surface area contributed by atoms with Gasteiger partial charge in [-0.25, -0.2) is 0 Å². The molecule has 2 N–H and O–H groups in total. The second-order valence-corrected chi connectivity index (χ2v) is 4.20. The monoisotopic (exact) mass is 191 g/mol. The number of hydrogen-bond acceptors (Lipinski definition) is 2. The molecule has 0 saturated heterocycles. The van der Waals surface area contributed by atoms with Crippen LogP contribution in [0.25, 0.3) is 0 Å². The molecule has 1 heterocycles. The van der Waals surface area contributed by atoms with Crippen molar-refractivity contribution in [1.82, 2.24) is 0 Å². The topological polar surface area (TPSA) is 26.0 Å². The molecule has 0 radical (unpaired) electrons. The fraction of sp³-hybridized carbons (Fsp3) is 0.200. The second-order valence-electron chi connectivity index (χ2n) is 1.56. The number of thiophene rings is 1. The minimum atomic E-state index is 0.877. The van der Waals surface area contributed by atoms with E-state index < -0.39 is 0 Å². The summed E-state index contributed by atoms with van der Waals surface area (Å²) in [5.41, 5.74) is 6.40. The van der Waals surface area contributed by atoms with Crippen molar-refractivity contribution in [2.45, 2.75) is 6.92 Å². The van der Waals surface area contributed by atoms with Crippen LogP contribution in [0.1, 0.15) is 4.88 Å². The molecule has 1 aromatic heterocycles. The zero-order valence-corrected chi connectivity index (χ0v) is 6.84. The SMILES string of the molecule is Cc1sc(Br)cc1N. The van der Waals surface area contributed by atoms with Crippen LogP contribution in [-0.4, -0.2) is 0 Å². The second kappa shape index (κ2) is 2.07. The lowest BCUT2D eigenvalue weighted by atomic mass is 10.4. The van der Waals surface area contributed by atoms with Crippen molar-refractivity contribution < 1.29 is 0 Å². The van der Waals surface area contributed by atoms with Gasteiger partial charge in [-0.1, -0.05) is 0 Å². The zero-order chi connectivity index (χ0) is 6.15. The van der Waals surface area contributed by atoms with Gasteiger partial charge in [-0.15, -0.1) is 11.3 Å². The molecule has 0 atom stereocenters. The Labute approximate surface area is 60.6 Å². The highest BCUT2D eigenvalue weighted by Crippen LogP contribution is 2.27. The molecule has 0 aliphatic rings. The van der Waals surface area contributed by atoms with Crippen LogP contribution in [0.3, 0.4) is 0 Å². The summed E-state index contributed by atoms with van der Waals surface area (Å²) in [5.74, 6) is 0. The van der Waals surface area contributed by atoms with Gasteiger partial charge in [-0.3, -0.25) is 0 Å². The maximum Gasteiger partial charge on any atom is 0.0722 e. The lowest BCUT2D eigenvalue weighted by Crippen LogP contribution is -1.79. The molecule has 0 aliphatic heterocycles. The molecule has 0 fully saturated rings. The Bertz CT molecular complexity index is 175. The van der Waals surface area contributed by atoms with E-state index in [2.05, 4.69) is 15.9 Å². The van der Waals surface area contributed by atoms with E-state index in [4.69, 9.17) is 5.73 Å². The van der Waals surface area contributed by atoms with Crippen molar-refractivity contribution in [3.8, 4) is 0 Å². The van der Waals surface area contributed by atoms with E-state index in [1.807, 2.05) is 13.0 Å². The van der Waals surface area contributed by atoms with Gasteiger partial charge in [-0.2, -0.15) is 0 Å². The molecule has 44 valence electrons. The van der Waals surface area contributed by atoms with Crippen molar-refractivity contribution in [3.05, 3.63) is 14.7 Å². The lowest BCUT2D eigenvalue weighted by molar-refractivity contribution is 1.62. The third-order valence-corrected chi connectivity index (χ3v) is 2.50. The molecule has 0 spiro atoms. The average molecular weight is 192 g/mol. The van der Waals surface area contributed by atoms with Gasteiger partial charge in [0.25, 0.3) is 0 Å². The summed E-state index contributed by atoms with van der Waals surface area (Å²) in [6, 6.07) is 1.92. The van der Waals surface area contributed by atoms with Crippen LogP contribution in [0.4, 0.5) is 5.69 Å². The van der Waals surface area contributed by atoms with Crippen LogP contribution in [0, 0.1) is 6.92 Å². The summed E-state index contributed by atoms with van der Waals surface area (Å²) < 4.78 is 1.10. The van der Waals surface area contributed by atoms with Gasteiger partial charge >= 0.3 is 0 Å². The highest BCUT2D eigenvalue weighted by Gasteiger charge is 1.96. The molecule has 0 amide bonds. The van der Waals surface area contributed by atoms with E-state index in [1.54, 1.807) is 11.3 Å². The maximum absolute atomic E-state index is 5.52. The first-order valence-corrected chi connectivity index (χ1v) is 3.82. The number of nitrogens with two attached hydrogens (primary N) is 1. The predicted molar refractivity (Wildman–Crippen MR) is 41.2 cm³/mol. The zero-order valence-electron chi connectivity index (χ0n) is 4.44. The van der Waals surface area contributed by atoms with Crippen LogP contribution in [0.2, 0.25) is 0 Å². The minimum Gasteiger partial charge on any atom is -0.398 e. The lowest BCUT2D eigenvalue weighted by Gasteiger charge is -1.80. The molecule has 3 heteroatoms. The Morgan fingerprint density at radius 2 is 2.38 bits per heavy atom. The molecule has 1 aromatic rings. The van der Waals surface area contributed by atoms with Crippen LogP contribution in [-0.2, 0) is 0 Å². The van der Waals surface area contributed by atoms with Gasteiger partial charge in [0.05, 0.1) is 3.79 Å². The molecule has 1 rings (SSSR count).